The van der Waals surface area contributed by atoms with Crippen LogP contribution in [0.15, 0.2) is 54.6 Å². The van der Waals surface area contributed by atoms with Gasteiger partial charge in [0.05, 0.1) is 5.54 Å². The van der Waals surface area contributed by atoms with E-state index < -0.39 is 5.54 Å². The molecule has 2 aromatic carbocycles. The van der Waals surface area contributed by atoms with Gasteiger partial charge in [0.25, 0.3) is 5.91 Å². The molecule has 0 unspecified atom stereocenters. The molecule has 2 fully saturated rings. The van der Waals surface area contributed by atoms with Crippen LogP contribution >= 0.6 is 0 Å². The highest BCUT2D eigenvalue weighted by molar-refractivity contribution is 5.96. The Balaban J connectivity index is 1.66. The predicted molar refractivity (Wildman–Crippen MR) is 107 cm³/mol. The molecule has 2 heterocycles. The number of aryl methyl sites for hydroxylation is 1. The Hall–Kier alpha value is -2.66. The number of likely N-dealkylation sites (N-methyl/N-ethyl adjacent to an activating group) is 1. The van der Waals surface area contributed by atoms with Gasteiger partial charge in [-0.05, 0) is 30.0 Å². The van der Waals surface area contributed by atoms with Gasteiger partial charge < -0.3 is 14.5 Å². The van der Waals surface area contributed by atoms with Gasteiger partial charge in [0, 0.05) is 25.7 Å². The second kappa shape index (κ2) is 7.40. The molecular formula is C23H26N2O3. The molecule has 5 nitrogen and oxygen atoms in total. The van der Waals surface area contributed by atoms with Gasteiger partial charge in [-0.3, -0.25) is 9.59 Å². The number of hydrogen-bond acceptors (Lipinski definition) is 3. The van der Waals surface area contributed by atoms with Gasteiger partial charge in [-0.2, -0.15) is 0 Å². The van der Waals surface area contributed by atoms with Crippen LogP contribution in [-0.4, -0.2) is 54.5 Å². The molecular weight excluding hydrogens is 352 g/mol. The molecule has 0 radical (unpaired) electrons. The van der Waals surface area contributed by atoms with E-state index in [1.807, 2.05) is 59.3 Å². The van der Waals surface area contributed by atoms with E-state index in [0.717, 1.165) is 23.1 Å². The van der Waals surface area contributed by atoms with Crippen LogP contribution in [0.1, 0.15) is 34.8 Å². The molecule has 0 saturated carbocycles. The highest BCUT2D eigenvalue weighted by Gasteiger charge is 2.53. The number of fused-ring (bicyclic) bond motifs is 1. The molecule has 2 saturated heterocycles. The molecule has 0 bridgehead atoms. The molecule has 2 aliphatic heterocycles. The molecule has 2 aliphatic rings. The van der Waals surface area contributed by atoms with Crippen molar-refractivity contribution in [2.75, 3.05) is 26.7 Å². The first-order chi connectivity index (χ1) is 13.6. The minimum absolute atomic E-state index is 0.0174. The maximum absolute atomic E-state index is 13.2. The largest absolute Gasteiger partial charge is 0.364 e. The van der Waals surface area contributed by atoms with E-state index in [1.165, 1.54) is 0 Å². The SMILES string of the molecule is CCc1ccccc1C(=O)N1CC[C@]2(c3ccccc3)[C@@H](C1)OCC(=O)N2C. The fraction of sp³-hybridized carbons (Fsp3) is 0.391. The molecule has 0 aliphatic carbocycles. The van der Waals surface area contributed by atoms with Crippen LogP contribution in [0.5, 0.6) is 0 Å². The molecule has 146 valence electrons. The number of amides is 2. The summed E-state index contributed by atoms with van der Waals surface area (Å²) >= 11 is 0. The molecule has 4 rings (SSSR count). The standard InChI is InChI=1S/C23H26N2O3/c1-3-17-9-7-8-12-19(17)22(27)25-14-13-23(18-10-5-4-6-11-18)20(15-25)28-16-21(26)24(23)2/h4-12,20H,3,13-16H2,1-2H3/t20-,23+/m1/s1. The van der Waals surface area contributed by atoms with E-state index >= 15 is 0 Å². The van der Waals surface area contributed by atoms with Gasteiger partial charge >= 0.3 is 0 Å². The number of benzene rings is 2. The summed E-state index contributed by atoms with van der Waals surface area (Å²) in [5, 5.41) is 0. The smallest absolute Gasteiger partial charge is 0.254 e. The quantitative estimate of drug-likeness (QED) is 0.825. The van der Waals surface area contributed by atoms with Crippen molar-refractivity contribution in [2.45, 2.75) is 31.4 Å². The van der Waals surface area contributed by atoms with E-state index in [2.05, 4.69) is 19.1 Å². The van der Waals surface area contributed by atoms with Gasteiger partial charge in [-0.15, -0.1) is 0 Å². The molecule has 2 amide bonds. The summed E-state index contributed by atoms with van der Waals surface area (Å²) in [4.78, 5) is 29.4. The van der Waals surface area contributed by atoms with Crippen molar-refractivity contribution in [3.8, 4) is 0 Å². The number of likely N-dealkylation sites (tertiary alicyclic amines) is 1. The number of nitrogens with zero attached hydrogens (tertiary/aromatic N) is 2. The molecule has 2 aromatic rings. The summed E-state index contributed by atoms with van der Waals surface area (Å²) in [6.45, 7) is 3.18. The van der Waals surface area contributed by atoms with Crippen LogP contribution in [0.2, 0.25) is 0 Å². The molecule has 0 spiro atoms. The van der Waals surface area contributed by atoms with Crippen LogP contribution in [0.25, 0.3) is 0 Å². The van der Waals surface area contributed by atoms with Gasteiger partial charge in [-0.25, -0.2) is 0 Å². The third-order valence-electron chi connectivity index (χ3n) is 6.25. The summed E-state index contributed by atoms with van der Waals surface area (Å²) in [6.07, 6.45) is 1.23. The molecule has 28 heavy (non-hydrogen) atoms. The van der Waals surface area contributed by atoms with E-state index in [4.69, 9.17) is 4.74 Å². The van der Waals surface area contributed by atoms with Crippen LogP contribution in [0, 0.1) is 0 Å². The number of ether oxygens (including phenoxy) is 1. The minimum atomic E-state index is -0.530. The topological polar surface area (TPSA) is 49.9 Å². The van der Waals surface area contributed by atoms with Crippen molar-refractivity contribution in [3.63, 3.8) is 0 Å². The van der Waals surface area contributed by atoms with Crippen LogP contribution in [0.4, 0.5) is 0 Å². The van der Waals surface area contributed by atoms with E-state index in [0.29, 0.717) is 19.5 Å². The lowest BCUT2D eigenvalue weighted by Gasteiger charge is -2.54. The highest BCUT2D eigenvalue weighted by atomic mass is 16.5. The van der Waals surface area contributed by atoms with Crippen molar-refractivity contribution < 1.29 is 14.3 Å². The Morgan fingerprint density at radius 2 is 1.86 bits per heavy atom. The van der Waals surface area contributed by atoms with Crippen LogP contribution in [-0.2, 0) is 21.5 Å². The number of rotatable bonds is 3. The maximum Gasteiger partial charge on any atom is 0.254 e. The van der Waals surface area contributed by atoms with Crippen molar-refractivity contribution in [2.24, 2.45) is 0 Å². The lowest BCUT2D eigenvalue weighted by molar-refractivity contribution is -0.180. The third kappa shape index (κ3) is 2.90. The Morgan fingerprint density at radius 3 is 2.61 bits per heavy atom. The summed E-state index contributed by atoms with van der Waals surface area (Å²) in [5.74, 6) is 0.0264. The first-order valence-corrected chi connectivity index (χ1v) is 9.89. The zero-order chi connectivity index (χ0) is 19.7. The van der Waals surface area contributed by atoms with Gasteiger partial charge in [0.1, 0.15) is 12.7 Å². The zero-order valence-corrected chi connectivity index (χ0v) is 16.4. The number of carbonyl (C=O) groups is 2. The van der Waals surface area contributed by atoms with Gasteiger partial charge in [-0.1, -0.05) is 55.5 Å². The normalized spacial score (nSPS) is 24.8. The Morgan fingerprint density at radius 1 is 1.14 bits per heavy atom. The fourth-order valence-electron chi connectivity index (χ4n) is 4.62. The summed E-state index contributed by atoms with van der Waals surface area (Å²) < 4.78 is 6.01. The number of morpholine rings is 1. The molecule has 5 heteroatoms. The number of carbonyl (C=O) groups excluding carboxylic acids is 2. The fourth-order valence-corrected chi connectivity index (χ4v) is 4.62. The molecule has 0 aromatic heterocycles. The third-order valence-corrected chi connectivity index (χ3v) is 6.25. The van der Waals surface area contributed by atoms with Crippen molar-refractivity contribution in [1.29, 1.82) is 0 Å². The zero-order valence-electron chi connectivity index (χ0n) is 16.4. The Labute approximate surface area is 165 Å². The first-order valence-electron chi connectivity index (χ1n) is 9.89. The van der Waals surface area contributed by atoms with E-state index in [-0.39, 0.29) is 24.5 Å². The first kappa shape index (κ1) is 18.7. The van der Waals surface area contributed by atoms with Gasteiger partial charge in [0.2, 0.25) is 5.91 Å². The second-order valence-electron chi connectivity index (χ2n) is 7.55. The summed E-state index contributed by atoms with van der Waals surface area (Å²) in [6, 6.07) is 17.8. The Kier molecular flexibility index (Phi) is 4.94. The van der Waals surface area contributed by atoms with Crippen molar-refractivity contribution >= 4 is 11.8 Å². The number of hydrogen-bond donors (Lipinski definition) is 0. The predicted octanol–water partition coefficient (Wildman–Crippen LogP) is 2.85. The van der Waals surface area contributed by atoms with E-state index in [1.54, 1.807) is 0 Å². The molecule has 2 atom stereocenters. The minimum Gasteiger partial charge on any atom is -0.364 e. The second-order valence-corrected chi connectivity index (χ2v) is 7.55. The summed E-state index contributed by atoms with van der Waals surface area (Å²) in [5.41, 5.74) is 2.36. The monoisotopic (exact) mass is 378 g/mol. The summed E-state index contributed by atoms with van der Waals surface area (Å²) in [7, 11) is 1.86. The van der Waals surface area contributed by atoms with Crippen molar-refractivity contribution in [1.82, 2.24) is 9.80 Å². The van der Waals surface area contributed by atoms with E-state index in [9.17, 15) is 9.59 Å². The Bertz CT molecular complexity index is 882. The van der Waals surface area contributed by atoms with Crippen LogP contribution in [0.3, 0.4) is 0 Å². The lowest BCUT2D eigenvalue weighted by atomic mass is 9.76. The maximum atomic E-state index is 13.2. The highest BCUT2D eigenvalue weighted by Crippen LogP contribution is 2.42. The van der Waals surface area contributed by atoms with Crippen LogP contribution < -0.4 is 0 Å². The number of piperidine rings is 1. The average Bonchev–Trinajstić information content (AvgIpc) is 2.76. The molecule has 0 N–H and O–H groups in total. The lowest BCUT2D eigenvalue weighted by Crippen LogP contribution is -2.67. The van der Waals surface area contributed by atoms with Crippen molar-refractivity contribution in [3.05, 3.63) is 71.3 Å². The van der Waals surface area contributed by atoms with Gasteiger partial charge in [0.15, 0.2) is 0 Å². The average molecular weight is 378 g/mol.